The molecule has 0 unspecified atom stereocenters. The average Bonchev–Trinajstić information content (AvgIpc) is 3.09. The molecule has 4 rings (SSSR count). The molecule has 0 bridgehead atoms. The lowest BCUT2D eigenvalue weighted by Gasteiger charge is -2.27. The van der Waals surface area contributed by atoms with Crippen LogP contribution in [0.4, 0.5) is 10.2 Å². The molecule has 0 saturated carbocycles. The lowest BCUT2D eigenvalue weighted by atomic mass is 10.1. The third-order valence-corrected chi connectivity index (χ3v) is 4.88. The number of carbonyl (C=O) groups is 1. The van der Waals surface area contributed by atoms with E-state index in [1.54, 1.807) is 17.1 Å². The standard InChI is InChI=1S/C19H21FN6O/c1-25-17(11-22-24-25)13-2-3-14-10-21-18(9-15(14)8-13)23-19(27)12-26-6-4-16(20)5-7-26/h2-3,8-11,16H,4-7,12H2,1H3,(H,21,23,27). The fourth-order valence-electron chi connectivity index (χ4n) is 3.36. The number of halogens is 1. The summed E-state index contributed by atoms with van der Waals surface area (Å²) in [7, 11) is 1.84. The van der Waals surface area contributed by atoms with Crippen LogP contribution in [0.3, 0.4) is 0 Å². The summed E-state index contributed by atoms with van der Waals surface area (Å²) in [6.45, 7) is 1.48. The molecule has 8 heteroatoms. The van der Waals surface area contributed by atoms with Crippen molar-refractivity contribution in [2.45, 2.75) is 19.0 Å². The van der Waals surface area contributed by atoms with Gasteiger partial charge in [-0.1, -0.05) is 17.3 Å². The van der Waals surface area contributed by atoms with Gasteiger partial charge in [0, 0.05) is 37.3 Å². The molecule has 0 atom stereocenters. The van der Waals surface area contributed by atoms with Crippen molar-refractivity contribution < 1.29 is 9.18 Å². The number of aryl methyl sites for hydroxylation is 1. The van der Waals surface area contributed by atoms with E-state index < -0.39 is 6.17 Å². The Balaban J connectivity index is 1.49. The Bertz CT molecular complexity index is 964. The monoisotopic (exact) mass is 368 g/mol. The maximum Gasteiger partial charge on any atom is 0.239 e. The summed E-state index contributed by atoms with van der Waals surface area (Å²) in [5.74, 6) is 0.374. The van der Waals surface area contributed by atoms with Crippen molar-refractivity contribution in [2.24, 2.45) is 7.05 Å². The summed E-state index contributed by atoms with van der Waals surface area (Å²) in [6, 6.07) is 7.86. The molecule has 1 saturated heterocycles. The van der Waals surface area contributed by atoms with Gasteiger partial charge in [0.05, 0.1) is 18.4 Å². The highest BCUT2D eigenvalue weighted by molar-refractivity contribution is 5.94. The Morgan fingerprint density at radius 3 is 2.78 bits per heavy atom. The molecule has 3 heterocycles. The Hall–Kier alpha value is -2.87. The number of benzene rings is 1. The Labute approximate surface area is 156 Å². The predicted molar refractivity (Wildman–Crippen MR) is 101 cm³/mol. The van der Waals surface area contributed by atoms with Crippen LogP contribution in [0.5, 0.6) is 0 Å². The first-order chi connectivity index (χ1) is 13.1. The van der Waals surface area contributed by atoms with E-state index in [9.17, 15) is 9.18 Å². The molecule has 2 aromatic heterocycles. The van der Waals surface area contributed by atoms with Crippen LogP contribution < -0.4 is 5.32 Å². The lowest BCUT2D eigenvalue weighted by molar-refractivity contribution is -0.117. The van der Waals surface area contributed by atoms with E-state index >= 15 is 0 Å². The fraction of sp³-hybridized carbons (Fsp3) is 0.368. The summed E-state index contributed by atoms with van der Waals surface area (Å²) in [5, 5.41) is 12.7. The zero-order chi connectivity index (χ0) is 18.8. The molecule has 27 heavy (non-hydrogen) atoms. The van der Waals surface area contributed by atoms with Crippen molar-refractivity contribution in [2.75, 3.05) is 25.0 Å². The van der Waals surface area contributed by atoms with E-state index in [1.165, 1.54) is 0 Å². The van der Waals surface area contributed by atoms with Crippen LogP contribution in [0.2, 0.25) is 0 Å². The number of alkyl halides is 1. The number of pyridine rings is 1. The number of nitrogens with zero attached hydrogens (tertiary/aromatic N) is 5. The molecule has 0 aliphatic carbocycles. The topological polar surface area (TPSA) is 75.9 Å². The van der Waals surface area contributed by atoms with Crippen molar-refractivity contribution in [1.29, 1.82) is 0 Å². The molecule has 7 nitrogen and oxygen atoms in total. The summed E-state index contributed by atoms with van der Waals surface area (Å²) in [4.78, 5) is 18.6. The van der Waals surface area contributed by atoms with Crippen molar-refractivity contribution in [3.63, 3.8) is 0 Å². The van der Waals surface area contributed by atoms with Gasteiger partial charge < -0.3 is 5.32 Å². The van der Waals surface area contributed by atoms with Crippen molar-refractivity contribution in [1.82, 2.24) is 24.9 Å². The second-order valence-corrected chi connectivity index (χ2v) is 6.87. The number of amides is 1. The maximum atomic E-state index is 13.2. The average molecular weight is 368 g/mol. The van der Waals surface area contributed by atoms with Crippen LogP contribution in [-0.2, 0) is 11.8 Å². The van der Waals surface area contributed by atoms with Gasteiger partial charge in [-0.25, -0.2) is 14.1 Å². The van der Waals surface area contributed by atoms with Gasteiger partial charge in [0.25, 0.3) is 0 Å². The quantitative estimate of drug-likeness (QED) is 0.765. The second kappa shape index (κ2) is 7.40. The minimum atomic E-state index is -0.740. The van der Waals surface area contributed by atoms with Crippen molar-refractivity contribution >= 4 is 22.5 Å². The van der Waals surface area contributed by atoms with Crippen LogP contribution in [-0.4, -0.2) is 56.6 Å². The SMILES string of the molecule is Cn1nncc1-c1ccc2cnc(NC(=O)CN3CCC(F)CC3)cc2c1. The summed E-state index contributed by atoms with van der Waals surface area (Å²) < 4.78 is 14.9. The minimum Gasteiger partial charge on any atom is -0.310 e. The first kappa shape index (κ1) is 17.5. The van der Waals surface area contributed by atoms with E-state index in [0.29, 0.717) is 31.7 Å². The van der Waals surface area contributed by atoms with Gasteiger partial charge in [-0.15, -0.1) is 5.10 Å². The predicted octanol–water partition coefficient (Wildman–Crippen LogP) is 2.40. The molecule has 1 aliphatic heterocycles. The molecular formula is C19H21FN6O. The van der Waals surface area contributed by atoms with Gasteiger partial charge in [0.2, 0.25) is 5.91 Å². The van der Waals surface area contributed by atoms with Crippen LogP contribution >= 0.6 is 0 Å². The number of piperidine rings is 1. The van der Waals surface area contributed by atoms with E-state index in [0.717, 1.165) is 22.0 Å². The number of rotatable bonds is 4. The second-order valence-electron chi connectivity index (χ2n) is 6.87. The first-order valence-electron chi connectivity index (χ1n) is 8.99. The zero-order valence-electron chi connectivity index (χ0n) is 15.1. The van der Waals surface area contributed by atoms with Gasteiger partial charge in [0.15, 0.2) is 0 Å². The third kappa shape index (κ3) is 3.95. The molecule has 1 aromatic carbocycles. The molecule has 0 spiro atoms. The Morgan fingerprint density at radius 2 is 2.04 bits per heavy atom. The van der Waals surface area contributed by atoms with Crippen molar-refractivity contribution in [3.8, 4) is 11.3 Å². The number of aromatic nitrogens is 4. The number of hydrogen-bond donors (Lipinski definition) is 1. The van der Waals surface area contributed by atoms with Gasteiger partial charge in [-0.3, -0.25) is 9.69 Å². The maximum absolute atomic E-state index is 13.2. The van der Waals surface area contributed by atoms with Gasteiger partial charge in [0.1, 0.15) is 12.0 Å². The summed E-state index contributed by atoms with van der Waals surface area (Å²) in [5.41, 5.74) is 1.91. The van der Waals surface area contributed by atoms with Crippen molar-refractivity contribution in [3.05, 3.63) is 36.7 Å². The highest BCUT2D eigenvalue weighted by atomic mass is 19.1. The van der Waals surface area contributed by atoms with Crippen LogP contribution in [0, 0.1) is 0 Å². The minimum absolute atomic E-state index is 0.133. The first-order valence-corrected chi connectivity index (χ1v) is 8.99. The number of anilines is 1. The molecule has 1 N–H and O–H groups in total. The van der Waals surface area contributed by atoms with Crippen LogP contribution in [0.25, 0.3) is 22.0 Å². The summed E-state index contributed by atoms with van der Waals surface area (Å²) in [6.07, 6.45) is 3.70. The normalized spacial score (nSPS) is 15.9. The van der Waals surface area contributed by atoms with Crippen LogP contribution in [0.1, 0.15) is 12.8 Å². The smallest absolute Gasteiger partial charge is 0.239 e. The third-order valence-electron chi connectivity index (χ3n) is 4.88. The van der Waals surface area contributed by atoms with E-state index in [2.05, 4.69) is 20.6 Å². The van der Waals surface area contributed by atoms with E-state index in [4.69, 9.17) is 0 Å². The van der Waals surface area contributed by atoms with E-state index in [-0.39, 0.29) is 12.5 Å². The number of hydrogen-bond acceptors (Lipinski definition) is 5. The highest BCUT2D eigenvalue weighted by Gasteiger charge is 2.20. The molecular weight excluding hydrogens is 347 g/mol. The molecule has 1 aliphatic rings. The van der Waals surface area contributed by atoms with Crippen LogP contribution in [0.15, 0.2) is 36.7 Å². The fourth-order valence-corrected chi connectivity index (χ4v) is 3.36. The number of likely N-dealkylation sites (tertiary alicyclic amines) is 1. The molecule has 3 aromatic rings. The lowest BCUT2D eigenvalue weighted by Crippen LogP contribution is -2.39. The number of fused-ring (bicyclic) bond motifs is 1. The Kier molecular flexibility index (Phi) is 4.81. The molecule has 0 radical (unpaired) electrons. The largest absolute Gasteiger partial charge is 0.310 e. The van der Waals surface area contributed by atoms with Gasteiger partial charge >= 0.3 is 0 Å². The number of carbonyl (C=O) groups excluding carboxylic acids is 1. The van der Waals surface area contributed by atoms with Gasteiger partial charge in [-0.2, -0.15) is 0 Å². The molecule has 1 amide bonds. The van der Waals surface area contributed by atoms with E-state index in [1.807, 2.05) is 36.2 Å². The number of nitrogens with one attached hydrogen (secondary N) is 1. The van der Waals surface area contributed by atoms with Gasteiger partial charge in [-0.05, 0) is 30.4 Å². The molecule has 140 valence electrons. The Morgan fingerprint density at radius 1 is 1.22 bits per heavy atom. The highest BCUT2D eigenvalue weighted by Crippen LogP contribution is 2.24. The molecule has 1 fully saturated rings. The zero-order valence-corrected chi connectivity index (χ0v) is 15.1. The summed E-state index contributed by atoms with van der Waals surface area (Å²) >= 11 is 0.